The molecule has 0 spiro atoms. The smallest absolute Gasteiger partial charge is 0.191 e. The highest BCUT2D eigenvalue weighted by Crippen LogP contribution is 2.21. The molecule has 1 atom stereocenters. The quantitative estimate of drug-likeness (QED) is 0.457. The molecule has 4 rings (SSSR count). The van der Waals surface area contributed by atoms with Gasteiger partial charge in [-0.05, 0) is 48.7 Å². The Hall–Kier alpha value is -3.16. The number of nitrogens with zero attached hydrogens (tertiary/aromatic N) is 3. The lowest BCUT2D eigenvalue weighted by molar-refractivity contribution is 0.612. The number of aromatic nitrogens is 2. The number of aliphatic imine (C=N–C) groups is 1. The Labute approximate surface area is 168 Å². The molecule has 0 bridgehead atoms. The molecule has 152 valence electrons. The van der Waals surface area contributed by atoms with Gasteiger partial charge < -0.3 is 20.5 Å². The van der Waals surface area contributed by atoms with E-state index in [1.165, 1.54) is 18.2 Å². The maximum Gasteiger partial charge on any atom is 0.191 e. The number of hydrogen-bond acceptors (Lipinski definition) is 3. The van der Waals surface area contributed by atoms with Crippen LogP contribution in [0.3, 0.4) is 0 Å². The summed E-state index contributed by atoms with van der Waals surface area (Å²) in [5, 5.41) is 7.75. The van der Waals surface area contributed by atoms with E-state index in [-0.39, 0.29) is 17.7 Å². The molecule has 0 amide bonds. The summed E-state index contributed by atoms with van der Waals surface area (Å²) in [6.07, 6.45) is 5.18. The molecule has 6 nitrogen and oxygen atoms in total. The fourth-order valence-electron chi connectivity index (χ4n) is 3.75. The third-order valence-corrected chi connectivity index (χ3v) is 5.21. The van der Waals surface area contributed by atoms with Gasteiger partial charge in [0.25, 0.3) is 0 Å². The van der Waals surface area contributed by atoms with Crippen LogP contribution in [0, 0.1) is 11.6 Å². The van der Waals surface area contributed by atoms with Crippen LogP contribution in [0.15, 0.2) is 47.7 Å². The van der Waals surface area contributed by atoms with Crippen molar-refractivity contribution in [2.75, 3.05) is 31.6 Å². The maximum atomic E-state index is 13.9. The van der Waals surface area contributed by atoms with Gasteiger partial charge in [-0.25, -0.2) is 13.8 Å². The van der Waals surface area contributed by atoms with Crippen LogP contribution < -0.4 is 15.5 Å². The molecule has 1 aromatic carbocycles. The fraction of sp³-hybridized carbons (Fsp3) is 0.333. The lowest BCUT2D eigenvalue weighted by atomic mass is 10.1. The van der Waals surface area contributed by atoms with E-state index < -0.39 is 0 Å². The monoisotopic (exact) mass is 398 g/mol. The first-order valence-corrected chi connectivity index (χ1v) is 9.72. The highest BCUT2D eigenvalue weighted by molar-refractivity contribution is 5.83. The van der Waals surface area contributed by atoms with E-state index in [1.807, 2.05) is 11.1 Å². The summed E-state index contributed by atoms with van der Waals surface area (Å²) in [6, 6.07) is 7.97. The number of halogens is 2. The van der Waals surface area contributed by atoms with Crippen molar-refractivity contribution in [3.8, 4) is 0 Å². The number of fused-ring (bicyclic) bond motifs is 1. The van der Waals surface area contributed by atoms with Crippen molar-refractivity contribution in [2.24, 2.45) is 4.99 Å². The van der Waals surface area contributed by atoms with Crippen LogP contribution in [0.25, 0.3) is 10.9 Å². The van der Waals surface area contributed by atoms with E-state index in [1.54, 1.807) is 25.4 Å². The predicted octanol–water partition coefficient (Wildman–Crippen LogP) is 2.83. The van der Waals surface area contributed by atoms with Crippen molar-refractivity contribution < 1.29 is 8.78 Å². The minimum Gasteiger partial charge on any atom is -0.361 e. The molecule has 3 aromatic rings. The summed E-state index contributed by atoms with van der Waals surface area (Å²) in [6.45, 7) is 2.10. The van der Waals surface area contributed by atoms with Crippen molar-refractivity contribution >= 4 is 22.7 Å². The van der Waals surface area contributed by atoms with Crippen molar-refractivity contribution in [1.29, 1.82) is 0 Å². The van der Waals surface area contributed by atoms with Crippen LogP contribution >= 0.6 is 0 Å². The molecule has 0 radical (unpaired) electrons. The van der Waals surface area contributed by atoms with Gasteiger partial charge in [0.1, 0.15) is 5.82 Å². The summed E-state index contributed by atoms with van der Waals surface area (Å²) in [5.41, 5.74) is 1.93. The number of guanidine groups is 1. The second-order valence-corrected chi connectivity index (χ2v) is 7.14. The third kappa shape index (κ3) is 4.31. The number of aromatic amines is 1. The molecular weight excluding hydrogens is 374 g/mol. The van der Waals surface area contributed by atoms with Gasteiger partial charge in [-0.1, -0.05) is 0 Å². The molecule has 0 aliphatic carbocycles. The zero-order valence-corrected chi connectivity index (χ0v) is 16.3. The Bertz CT molecular complexity index is 1020. The second-order valence-electron chi connectivity index (χ2n) is 7.14. The van der Waals surface area contributed by atoms with Crippen LogP contribution in [0.4, 0.5) is 14.6 Å². The predicted molar refractivity (Wildman–Crippen MR) is 111 cm³/mol. The molecule has 1 fully saturated rings. The Balaban J connectivity index is 1.29. The first-order valence-electron chi connectivity index (χ1n) is 9.72. The Morgan fingerprint density at radius 2 is 2.24 bits per heavy atom. The van der Waals surface area contributed by atoms with Crippen LogP contribution in [-0.4, -0.2) is 48.7 Å². The first kappa shape index (κ1) is 19.2. The molecule has 0 saturated carbocycles. The number of anilines is 1. The van der Waals surface area contributed by atoms with Crippen molar-refractivity contribution in [3.05, 3.63) is 59.9 Å². The summed E-state index contributed by atoms with van der Waals surface area (Å²) < 4.78 is 27.3. The fourth-order valence-corrected chi connectivity index (χ4v) is 3.75. The normalized spacial score (nSPS) is 17.1. The molecule has 3 heterocycles. The van der Waals surface area contributed by atoms with Gasteiger partial charge in [0.15, 0.2) is 17.6 Å². The zero-order valence-electron chi connectivity index (χ0n) is 16.3. The van der Waals surface area contributed by atoms with E-state index in [0.29, 0.717) is 24.9 Å². The average Bonchev–Trinajstić information content (AvgIpc) is 3.34. The summed E-state index contributed by atoms with van der Waals surface area (Å²) in [4.78, 5) is 13.5. The summed E-state index contributed by atoms with van der Waals surface area (Å²) in [7, 11) is 1.73. The molecule has 29 heavy (non-hydrogen) atoms. The number of H-pyrrole nitrogens is 1. The van der Waals surface area contributed by atoms with Crippen molar-refractivity contribution in [2.45, 2.75) is 18.9 Å². The number of nitrogens with one attached hydrogen (secondary N) is 3. The molecule has 1 aliphatic rings. The zero-order chi connectivity index (χ0) is 20.2. The Morgan fingerprint density at radius 3 is 3.07 bits per heavy atom. The molecular formula is C21H24F2N6. The summed E-state index contributed by atoms with van der Waals surface area (Å²) >= 11 is 0. The van der Waals surface area contributed by atoms with Crippen LogP contribution in [-0.2, 0) is 6.42 Å². The lowest BCUT2D eigenvalue weighted by Gasteiger charge is -2.20. The highest BCUT2D eigenvalue weighted by atomic mass is 19.1. The van der Waals surface area contributed by atoms with E-state index >= 15 is 0 Å². The van der Waals surface area contributed by atoms with E-state index in [4.69, 9.17) is 0 Å². The highest BCUT2D eigenvalue weighted by Gasteiger charge is 2.25. The third-order valence-electron chi connectivity index (χ3n) is 5.21. The minimum absolute atomic E-state index is 0.165. The van der Waals surface area contributed by atoms with Crippen LogP contribution in [0.5, 0.6) is 0 Å². The minimum atomic E-state index is -0.297. The molecule has 1 unspecified atom stereocenters. The van der Waals surface area contributed by atoms with Crippen LogP contribution in [0.2, 0.25) is 0 Å². The van der Waals surface area contributed by atoms with E-state index in [2.05, 4.69) is 25.6 Å². The Morgan fingerprint density at radius 1 is 1.34 bits per heavy atom. The largest absolute Gasteiger partial charge is 0.361 e. The SMILES string of the molecule is CN=C(NCCc1c[nH]c2cc(F)ccc12)NC1CCN(c2ncccc2F)C1. The molecule has 2 aromatic heterocycles. The number of hydrogen-bond donors (Lipinski definition) is 3. The van der Waals surface area contributed by atoms with Gasteiger partial charge in [-0.2, -0.15) is 0 Å². The maximum absolute atomic E-state index is 13.9. The average molecular weight is 398 g/mol. The first-order chi connectivity index (χ1) is 14.1. The number of rotatable bonds is 5. The van der Waals surface area contributed by atoms with Gasteiger partial charge in [0.05, 0.1) is 0 Å². The summed E-state index contributed by atoms with van der Waals surface area (Å²) in [5.74, 6) is 0.568. The van der Waals surface area contributed by atoms with Gasteiger partial charge in [0, 0.05) is 56.0 Å². The van der Waals surface area contributed by atoms with Gasteiger partial charge in [-0.15, -0.1) is 0 Å². The van der Waals surface area contributed by atoms with Gasteiger partial charge in [-0.3, -0.25) is 4.99 Å². The second kappa shape index (κ2) is 8.46. The molecule has 1 aliphatic heterocycles. The molecule has 1 saturated heterocycles. The van der Waals surface area contributed by atoms with Gasteiger partial charge >= 0.3 is 0 Å². The van der Waals surface area contributed by atoms with Crippen molar-refractivity contribution in [3.63, 3.8) is 0 Å². The number of benzene rings is 1. The van der Waals surface area contributed by atoms with E-state index in [0.717, 1.165) is 35.9 Å². The van der Waals surface area contributed by atoms with Gasteiger partial charge in [0.2, 0.25) is 0 Å². The lowest BCUT2D eigenvalue weighted by Crippen LogP contribution is -2.45. The Kier molecular flexibility index (Phi) is 5.59. The van der Waals surface area contributed by atoms with E-state index in [9.17, 15) is 8.78 Å². The molecule has 3 N–H and O–H groups in total. The standard InChI is InChI=1S/C21H24F2N6/c1-24-21(26-9-6-14-12-27-19-11-15(22)4-5-17(14)19)28-16-7-10-29(13-16)20-18(23)3-2-8-25-20/h2-5,8,11-12,16,27H,6-7,9-10,13H2,1H3,(H2,24,26,28). The van der Waals surface area contributed by atoms with Crippen molar-refractivity contribution in [1.82, 2.24) is 20.6 Å². The number of pyridine rings is 1. The topological polar surface area (TPSA) is 68.3 Å². The molecule has 8 heteroatoms. The van der Waals surface area contributed by atoms with Crippen LogP contribution in [0.1, 0.15) is 12.0 Å².